The monoisotopic (exact) mass is 344 g/mol. The molecule has 1 aromatic carbocycles. The number of ketones is 1. The van der Waals surface area contributed by atoms with Gasteiger partial charge in [0.25, 0.3) is 0 Å². The summed E-state index contributed by atoms with van der Waals surface area (Å²) in [5.41, 5.74) is 0.474. The number of hydrogen-bond donors (Lipinski definition) is 1. The van der Waals surface area contributed by atoms with Gasteiger partial charge in [0.2, 0.25) is 0 Å². The second-order valence-corrected chi connectivity index (χ2v) is 6.08. The Morgan fingerprint density at radius 3 is 2.32 bits per heavy atom. The smallest absolute Gasteiger partial charge is 0.307 e. The third-order valence-electron chi connectivity index (χ3n) is 2.44. The maximum absolute atomic E-state index is 11.9. The minimum Gasteiger partial charge on any atom is -0.481 e. The molecule has 0 spiro atoms. The molecule has 0 aromatic heterocycles. The average Bonchev–Trinajstić information content (AvgIpc) is 2.34. The van der Waals surface area contributed by atoms with Crippen molar-refractivity contribution in [2.75, 3.05) is 5.75 Å². The fourth-order valence-electron chi connectivity index (χ4n) is 1.41. The molecule has 0 aliphatic carbocycles. The standard InChI is InChI=1S/C13H13BrO4S/c1-8(15)19-7-10(13(17)18)6-12(16)9-2-4-11(14)5-3-9/h2-5,10H,6-7H2,1H3,(H,17,18). The van der Waals surface area contributed by atoms with Crippen LogP contribution in [0.3, 0.4) is 0 Å². The van der Waals surface area contributed by atoms with Gasteiger partial charge in [-0.25, -0.2) is 0 Å². The molecule has 0 fully saturated rings. The van der Waals surface area contributed by atoms with E-state index in [1.54, 1.807) is 24.3 Å². The second-order valence-electron chi connectivity index (χ2n) is 3.97. The highest BCUT2D eigenvalue weighted by atomic mass is 79.9. The lowest BCUT2D eigenvalue weighted by Crippen LogP contribution is -2.21. The van der Waals surface area contributed by atoms with Crippen molar-refractivity contribution < 1.29 is 19.5 Å². The van der Waals surface area contributed by atoms with Gasteiger partial charge < -0.3 is 5.11 Å². The van der Waals surface area contributed by atoms with Gasteiger partial charge in [-0.05, 0) is 12.1 Å². The Bertz CT molecular complexity index is 484. The first-order valence-corrected chi connectivity index (χ1v) is 7.33. The average molecular weight is 345 g/mol. The van der Waals surface area contributed by atoms with E-state index in [9.17, 15) is 14.4 Å². The minimum absolute atomic E-state index is 0.1000. The number of carboxylic acid groups (broad SMARTS) is 1. The SMILES string of the molecule is CC(=O)SCC(CC(=O)c1ccc(Br)cc1)C(=O)O. The number of thioether (sulfide) groups is 1. The Labute approximate surface area is 123 Å². The highest BCUT2D eigenvalue weighted by Crippen LogP contribution is 2.18. The van der Waals surface area contributed by atoms with Gasteiger partial charge in [0, 0.05) is 29.1 Å². The van der Waals surface area contributed by atoms with E-state index in [0.717, 1.165) is 16.2 Å². The Hall–Kier alpha value is -1.14. The molecule has 0 bridgehead atoms. The van der Waals surface area contributed by atoms with Crippen LogP contribution in [-0.2, 0) is 9.59 Å². The molecule has 1 rings (SSSR count). The third-order valence-corrected chi connectivity index (χ3v) is 3.94. The van der Waals surface area contributed by atoms with Gasteiger partial charge in [-0.1, -0.05) is 39.8 Å². The molecule has 1 unspecified atom stereocenters. The van der Waals surface area contributed by atoms with Gasteiger partial charge in [-0.2, -0.15) is 0 Å². The van der Waals surface area contributed by atoms with Crippen LogP contribution in [0.4, 0.5) is 0 Å². The van der Waals surface area contributed by atoms with Gasteiger partial charge >= 0.3 is 5.97 Å². The van der Waals surface area contributed by atoms with Crippen molar-refractivity contribution in [1.29, 1.82) is 0 Å². The Morgan fingerprint density at radius 2 is 1.84 bits per heavy atom. The van der Waals surface area contributed by atoms with Crippen molar-refractivity contribution in [3.05, 3.63) is 34.3 Å². The van der Waals surface area contributed by atoms with Gasteiger partial charge in [-0.3, -0.25) is 14.4 Å². The van der Waals surface area contributed by atoms with E-state index in [-0.39, 0.29) is 23.1 Å². The van der Waals surface area contributed by atoms with E-state index in [0.29, 0.717) is 5.56 Å². The molecular formula is C13H13BrO4S. The second kappa shape index (κ2) is 7.45. The highest BCUT2D eigenvalue weighted by Gasteiger charge is 2.22. The Kier molecular flexibility index (Phi) is 6.24. The first kappa shape index (κ1) is 15.9. The van der Waals surface area contributed by atoms with Crippen LogP contribution in [0.15, 0.2) is 28.7 Å². The summed E-state index contributed by atoms with van der Waals surface area (Å²) in [4.78, 5) is 33.8. The van der Waals surface area contributed by atoms with Crippen LogP contribution in [0, 0.1) is 5.92 Å². The van der Waals surface area contributed by atoms with Crippen LogP contribution in [-0.4, -0.2) is 27.7 Å². The molecule has 0 radical (unpaired) electrons. The zero-order chi connectivity index (χ0) is 14.4. The molecule has 0 amide bonds. The molecule has 0 saturated heterocycles. The lowest BCUT2D eigenvalue weighted by Gasteiger charge is -2.10. The lowest BCUT2D eigenvalue weighted by molar-refractivity contribution is -0.140. The topological polar surface area (TPSA) is 71.4 Å². The summed E-state index contributed by atoms with van der Waals surface area (Å²) in [5, 5.41) is 8.89. The molecule has 0 aliphatic rings. The maximum Gasteiger partial charge on any atom is 0.307 e. The summed E-state index contributed by atoms with van der Waals surface area (Å²) in [5.74, 6) is -2.01. The van der Waals surface area contributed by atoms with Crippen molar-refractivity contribution in [2.45, 2.75) is 13.3 Å². The van der Waals surface area contributed by atoms with E-state index in [1.807, 2.05) is 0 Å². The summed E-state index contributed by atoms with van der Waals surface area (Å²) in [6, 6.07) is 6.74. The summed E-state index contributed by atoms with van der Waals surface area (Å²) in [6.07, 6.45) is -0.1000. The number of benzene rings is 1. The molecule has 0 heterocycles. The number of hydrogen-bond acceptors (Lipinski definition) is 4. The molecule has 102 valence electrons. The fraction of sp³-hybridized carbons (Fsp3) is 0.308. The fourth-order valence-corrected chi connectivity index (χ4v) is 2.37. The number of carbonyl (C=O) groups excluding carboxylic acids is 2. The molecule has 6 heteroatoms. The lowest BCUT2D eigenvalue weighted by atomic mass is 10.00. The summed E-state index contributed by atoms with van der Waals surface area (Å²) < 4.78 is 0.853. The number of aliphatic carboxylic acids is 1. The van der Waals surface area contributed by atoms with Gasteiger partial charge in [-0.15, -0.1) is 0 Å². The molecule has 1 aromatic rings. The molecule has 0 aliphatic heterocycles. The van der Waals surface area contributed by atoms with Crippen LogP contribution in [0.1, 0.15) is 23.7 Å². The summed E-state index contributed by atoms with van der Waals surface area (Å²) in [6.45, 7) is 1.38. The van der Waals surface area contributed by atoms with Crippen LogP contribution in [0.2, 0.25) is 0 Å². The predicted molar refractivity (Wildman–Crippen MR) is 77.4 cm³/mol. The number of Topliss-reactive ketones (excluding diaryl/α,β-unsaturated/α-hetero) is 1. The highest BCUT2D eigenvalue weighted by molar-refractivity contribution is 9.10. The van der Waals surface area contributed by atoms with Crippen LogP contribution >= 0.6 is 27.7 Å². The zero-order valence-corrected chi connectivity index (χ0v) is 12.7. The Morgan fingerprint density at radius 1 is 1.26 bits per heavy atom. The van der Waals surface area contributed by atoms with E-state index in [1.165, 1.54) is 6.92 Å². The number of carboxylic acids is 1. The molecule has 1 atom stereocenters. The van der Waals surface area contributed by atoms with E-state index in [4.69, 9.17) is 5.11 Å². The van der Waals surface area contributed by atoms with Crippen molar-refractivity contribution in [2.24, 2.45) is 5.92 Å². The van der Waals surface area contributed by atoms with E-state index in [2.05, 4.69) is 15.9 Å². The van der Waals surface area contributed by atoms with Crippen LogP contribution in [0.5, 0.6) is 0 Å². The first-order chi connectivity index (χ1) is 8.90. The zero-order valence-electron chi connectivity index (χ0n) is 10.3. The third kappa shape index (κ3) is 5.57. The first-order valence-electron chi connectivity index (χ1n) is 5.55. The number of rotatable bonds is 6. The van der Waals surface area contributed by atoms with Crippen LogP contribution < -0.4 is 0 Å². The van der Waals surface area contributed by atoms with Crippen molar-refractivity contribution in [1.82, 2.24) is 0 Å². The van der Waals surface area contributed by atoms with E-state index < -0.39 is 11.9 Å². The molecule has 19 heavy (non-hydrogen) atoms. The molecule has 4 nitrogen and oxygen atoms in total. The van der Waals surface area contributed by atoms with Gasteiger partial charge in [0.1, 0.15) is 0 Å². The van der Waals surface area contributed by atoms with E-state index >= 15 is 0 Å². The normalized spacial score (nSPS) is 11.9. The van der Waals surface area contributed by atoms with Crippen molar-refractivity contribution in [3.8, 4) is 0 Å². The molecule has 1 N–H and O–H groups in total. The van der Waals surface area contributed by atoms with Crippen molar-refractivity contribution in [3.63, 3.8) is 0 Å². The maximum atomic E-state index is 11.9. The predicted octanol–water partition coefficient (Wildman–Crippen LogP) is 3.00. The summed E-state index contributed by atoms with van der Waals surface area (Å²) in [7, 11) is 0. The Balaban J connectivity index is 2.68. The van der Waals surface area contributed by atoms with Crippen molar-refractivity contribution >= 4 is 44.6 Å². The largest absolute Gasteiger partial charge is 0.481 e. The summed E-state index contributed by atoms with van der Waals surface area (Å²) >= 11 is 4.19. The van der Waals surface area contributed by atoms with Gasteiger partial charge in [0.15, 0.2) is 10.9 Å². The van der Waals surface area contributed by atoms with Crippen LogP contribution in [0.25, 0.3) is 0 Å². The van der Waals surface area contributed by atoms with Gasteiger partial charge in [0.05, 0.1) is 5.92 Å². The molecular weight excluding hydrogens is 332 g/mol. The quantitative estimate of drug-likeness (QED) is 0.803. The molecule has 0 saturated carbocycles. The number of carbonyl (C=O) groups is 3. The minimum atomic E-state index is -1.06. The number of halogens is 1.